The van der Waals surface area contributed by atoms with Gasteiger partial charge in [0.05, 0.1) is 0 Å². The zero-order valence-corrected chi connectivity index (χ0v) is 57.2. The van der Waals surface area contributed by atoms with E-state index in [1.165, 1.54) is 72.0 Å². The standard InChI is InChI=1S/3C32H22O2/c1-19-6-3-10-25-27-17-23(12-14-29(27)33-31(19)25)21-8-5-9-22(16-21)24-13-15-30-28(18-24)26-11-4-7-20(2)32(26)34-30;1-19-6-5-7-22(14-19)25-17-23(18-28-24-8-3-4-9-29(24)34-32(25)28)21-11-13-31-27(16-21)26-15-20(2)10-12-30(26)33-31;1-19-6-5-7-21(14-19)23-17-25(32-28(18-23)24-8-3-4-9-29(24)34-32)22-11-13-31-27(16-22)26-15-20(2)10-12-30(26)33-31/h3*3-18H,1-2H3. The van der Waals surface area contributed by atoms with Crippen LogP contribution < -0.4 is 0 Å². The molecule has 6 heteroatoms. The summed E-state index contributed by atoms with van der Waals surface area (Å²) in [6, 6.07) is 103. The molecule has 0 aliphatic rings. The highest BCUT2D eigenvalue weighted by molar-refractivity contribution is 6.16. The SMILES string of the molecule is Cc1cccc(-c2cc(-c3ccc4oc5ccc(C)cc5c4c3)c3oc4ccccc4c3c2)c1.Cc1cccc(-c2cc(-c3ccc4oc5ccc(C)cc5c4c3)cc3c2oc2ccccc23)c1.Cc1cccc2c1oc1ccc(-c3cccc(-c4ccc5oc6c(C)cccc6c5c4)c3)cc12. The molecule has 102 heavy (non-hydrogen) atoms. The normalized spacial score (nSPS) is 11.8. The lowest BCUT2D eigenvalue weighted by Crippen LogP contribution is -1.85. The van der Waals surface area contributed by atoms with E-state index in [1.807, 2.05) is 24.3 Å². The van der Waals surface area contributed by atoms with Crippen LogP contribution in [0, 0.1) is 41.5 Å². The fraction of sp³-hybridized carbons (Fsp3) is 0.0625. The summed E-state index contributed by atoms with van der Waals surface area (Å²) in [5.74, 6) is 0. The molecule has 21 aromatic rings. The lowest BCUT2D eigenvalue weighted by molar-refractivity contribution is 0.665. The first-order valence-electron chi connectivity index (χ1n) is 34.8. The second-order valence-electron chi connectivity index (χ2n) is 27.5. The molecule has 0 aliphatic heterocycles. The summed E-state index contributed by atoms with van der Waals surface area (Å²) in [6.07, 6.45) is 0. The van der Waals surface area contributed by atoms with E-state index in [1.54, 1.807) is 0 Å². The third kappa shape index (κ3) is 10.4. The van der Waals surface area contributed by atoms with Crippen LogP contribution in [0.15, 0.2) is 318 Å². The highest BCUT2D eigenvalue weighted by atomic mass is 16.3. The first-order valence-corrected chi connectivity index (χ1v) is 34.8. The van der Waals surface area contributed by atoms with Crippen LogP contribution in [-0.4, -0.2) is 0 Å². The van der Waals surface area contributed by atoms with Crippen molar-refractivity contribution in [2.45, 2.75) is 41.5 Å². The van der Waals surface area contributed by atoms with Crippen LogP contribution >= 0.6 is 0 Å². The fourth-order valence-electron chi connectivity index (χ4n) is 15.3. The minimum Gasteiger partial charge on any atom is -0.456 e. The summed E-state index contributed by atoms with van der Waals surface area (Å²) in [7, 11) is 0. The van der Waals surface area contributed by atoms with Gasteiger partial charge in [0.2, 0.25) is 0 Å². The third-order valence-electron chi connectivity index (χ3n) is 20.4. The van der Waals surface area contributed by atoms with Gasteiger partial charge >= 0.3 is 0 Å². The molecule has 0 atom stereocenters. The first-order chi connectivity index (χ1) is 49.9. The van der Waals surface area contributed by atoms with Gasteiger partial charge in [-0.3, -0.25) is 0 Å². The van der Waals surface area contributed by atoms with Gasteiger partial charge in [-0.2, -0.15) is 0 Å². The summed E-state index contributed by atoms with van der Waals surface area (Å²) in [4.78, 5) is 0. The number of aryl methyl sites for hydroxylation is 6. The predicted octanol–water partition coefficient (Wildman–Crippen LogP) is 28.3. The van der Waals surface area contributed by atoms with E-state index in [-0.39, 0.29) is 0 Å². The summed E-state index contributed by atoms with van der Waals surface area (Å²) in [6.45, 7) is 12.7. The molecule has 15 aromatic carbocycles. The number of furan rings is 6. The van der Waals surface area contributed by atoms with Gasteiger partial charge in [0.25, 0.3) is 0 Å². The predicted molar refractivity (Wildman–Crippen MR) is 424 cm³/mol. The molecule has 0 amide bonds. The lowest BCUT2D eigenvalue weighted by atomic mass is 9.94. The monoisotopic (exact) mass is 1310 g/mol. The molecule has 486 valence electrons. The van der Waals surface area contributed by atoms with E-state index in [9.17, 15) is 0 Å². The maximum Gasteiger partial charge on any atom is 0.143 e. The van der Waals surface area contributed by atoms with Gasteiger partial charge in [-0.1, -0.05) is 198 Å². The van der Waals surface area contributed by atoms with Gasteiger partial charge in [0.1, 0.15) is 67.0 Å². The molecule has 0 fully saturated rings. The average Bonchev–Trinajstić information content (AvgIpc) is 1.58. The number of rotatable bonds is 6. The maximum absolute atomic E-state index is 6.43. The quantitative estimate of drug-likeness (QED) is 0.165. The van der Waals surface area contributed by atoms with Crippen molar-refractivity contribution < 1.29 is 26.5 Å². The van der Waals surface area contributed by atoms with Crippen LogP contribution in [0.2, 0.25) is 0 Å². The van der Waals surface area contributed by atoms with Crippen molar-refractivity contribution in [1.29, 1.82) is 0 Å². The van der Waals surface area contributed by atoms with Gasteiger partial charge < -0.3 is 26.5 Å². The van der Waals surface area contributed by atoms with E-state index >= 15 is 0 Å². The minimum absolute atomic E-state index is 0.903. The Morgan fingerprint density at radius 2 is 0.451 bits per heavy atom. The number of para-hydroxylation sites is 4. The topological polar surface area (TPSA) is 78.8 Å². The van der Waals surface area contributed by atoms with Crippen molar-refractivity contribution in [3.63, 3.8) is 0 Å². The van der Waals surface area contributed by atoms with Crippen molar-refractivity contribution in [1.82, 2.24) is 0 Å². The van der Waals surface area contributed by atoms with Gasteiger partial charge in [-0.25, -0.2) is 0 Å². The molecule has 0 bridgehead atoms. The molecule has 0 unspecified atom stereocenters. The molecule has 0 radical (unpaired) electrons. The van der Waals surface area contributed by atoms with Gasteiger partial charge in [-0.05, 0) is 224 Å². The zero-order chi connectivity index (χ0) is 68.4. The van der Waals surface area contributed by atoms with E-state index in [0.29, 0.717) is 0 Å². The average molecular weight is 1320 g/mol. The first kappa shape index (κ1) is 60.3. The lowest BCUT2D eigenvalue weighted by Gasteiger charge is -2.09. The summed E-state index contributed by atoms with van der Waals surface area (Å²) < 4.78 is 37.3. The number of hydrogen-bond acceptors (Lipinski definition) is 6. The highest BCUT2D eigenvalue weighted by Gasteiger charge is 2.21. The van der Waals surface area contributed by atoms with Crippen LogP contribution in [-0.2, 0) is 0 Å². The number of fused-ring (bicyclic) bond motifs is 18. The minimum atomic E-state index is 0.903. The van der Waals surface area contributed by atoms with Gasteiger partial charge in [0.15, 0.2) is 0 Å². The molecule has 21 rings (SSSR count). The van der Waals surface area contributed by atoms with E-state index < -0.39 is 0 Å². The fourth-order valence-corrected chi connectivity index (χ4v) is 15.3. The number of benzene rings is 15. The van der Waals surface area contributed by atoms with Crippen LogP contribution in [0.5, 0.6) is 0 Å². The summed E-state index contributed by atoms with van der Waals surface area (Å²) in [5, 5.41) is 13.8. The van der Waals surface area contributed by atoms with Crippen LogP contribution in [0.1, 0.15) is 33.4 Å². The Morgan fingerprint density at radius 1 is 0.157 bits per heavy atom. The molecule has 0 saturated heterocycles. The molecule has 0 saturated carbocycles. The van der Waals surface area contributed by atoms with Crippen LogP contribution in [0.25, 0.3) is 198 Å². The van der Waals surface area contributed by atoms with Gasteiger partial charge in [-0.15, -0.1) is 0 Å². The number of hydrogen-bond donors (Lipinski definition) is 0. The maximum atomic E-state index is 6.43. The van der Waals surface area contributed by atoms with Crippen LogP contribution in [0.4, 0.5) is 0 Å². The van der Waals surface area contributed by atoms with Crippen molar-refractivity contribution in [3.05, 3.63) is 325 Å². The van der Waals surface area contributed by atoms with Crippen LogP contribution in [0.3, 0.4) is 0 Å². The smallest absolute Gasteiger partial charge is 0.143 e. The molecular formula is C96H66O6. The van der Waals surface area contributed by atoms with E-state index in [2.05, 4.69) is 308 Å². The highest BCUT2D eigenvalue weighted by Crippen LogP contribution is 2.45. The molecule has 6 aromatic heterocycles. The Bertz CT molecular complexity index is 6820. The molecule has 0 spiro atoms. The third-order valence-corrected chi connectivity index (χ3v) is 20.4. The Hall–Kier alpha value is -12.9. The Kier molecular flexibility index (Phi) is 14.1. The molecule has 6 heterocycles. The Labute approximate surface area is 587 Å². The molecular weight excluding hydrogens is 1250 g/mol. The van der Waals surface area contributed by atoms with E-state index in [0.717, 1.165) is 160 Å². The Balaban J connectivity index is 0.000000106. The van der Waals surface area contributed by atoms with E-state index in [4.69, 9.17) is 26.5 Å². The molecule has 0 N–H and O–H groups in total. The zero-order valence-electron chi connectivity index (χ0n) is 57.2. The van der Waals surface area contributed by atoms with Crippen molar-refractivity contribution in [2.75, 3.05) is 0 Å². The summed E-state index contributed by atoms with van der Waals surface area (Å²) >= 11 is 0. The largest absolute Gasteiger partial charge is 0.456 e. The molecule has 6 nitrogen and oxygen atoms in total. The second kappa shape index (κ2) is 23.9. The summed E-state index contributed by atoms with van der Waals surface area (Å²) in [5.41, 5.74) is 32.3. The second-order valence-corrected chi connectivity index (χ2v) is 27.5. The Morgan fingerprint density at radius 3 is 0.931 bits per heavy atom. The van der Waals surface area contributed by atoms with Crippen molar-refractivity contribution >= 4 is 132 Å². The van der Waals surface area contributed by atoms with Crippen molar-refractivity contribution in [3.8, 4) is 66.8 Å². The molecule has 0 aliphatic carbocycles. The van der Waals surface area contributed by atoms with Crippen molar-refractivity contribution in [2.24, 2.45) is 0 Å². The van der Waals surface area contributed by atoms with Gasteiger partial charge in [0, 0.05) is 75.8 Å².